The topological polar surface area (TPSA) is 29.5 Å². The van der Waals surface area contributed by atoms with Crippen molar-refractivity contribution in [3.63, 3.8) is 0 Å². The smallest absolute Gasteiger partial charge is 0.125 e. The zero-order valence-electron chi connectivity index (χ0n) is 11.0. The standard InChI is InChI=1S/C15H21BrO2/c1-10-3-6-13(7-4-10)18-15-8-5-12(16)9-14(15)11(2)17/h5,8-11,13,17H,3-4,6-7H2,1-2H3/t10?,11-,13?/m0/s1. The van der Waals surface area contributed by atoms with Gasteiger partial charge in [0.25, 0.3) is 0 Å². The molecule has 0 amide bonds. The van der Waals surface area contributed by atoms with E-state index in [0.29, 0.717) is 6.10 Å². The number of benzene rings is 1. The van der Waals surface area contributed by atoms with Gasteiger partial charge in [0, 0.05) is 10.0 Å². The van der Waals surface area contributed by atoms with Gasteiger partial charge in [0.05, 0.1) is 12.2 Å². The van der Waals surface area contributed by atoms with E-state index in [0.717, 1.165) is 34.5 Å². The summed E-state index contributed by atoms with van der Waals surface area (Å²) in [5.74, 6) is 1.65. The van der Waals surface area contributed by atoms with Gasteiger partial charge in [-0.2, -0.15) is 0 Å². The second-order valence-electron chi connectivity index (χ2n) is 5.36. The third kappa shape index (κ3) is 3.48. The Labute approximate surface area is 117 Å². The third-order valence-corrected chi connectivity index (χ3v) is 4.17. The van der Waals surface area contributed by atoms with E-state index in [4.69, 9.17) is 4.74 Å². The van der Waals surface area contributed by atoms with Crippen LogP contribution in [0, 0.1) is 5.92 Å². The molecule has 2 rings (SSSR count). The molecule has 0 saturated heterocycles. The van der Waals surface area contributed by atoms with Crippen LogP contribution in [-0.4, -0.2) is 11.2 Å². The second kappa shape index (κ2) is 6.07. The Morgan fingerprint density at radius 3 is 2.56 bits per heavy atom. The van der Waals surface area contributed by atoms with Gasteiger partial charge in [0.15, 0.2) is 0 Å². The molecular formula is C15H21BrO2. The summed E-state index contributed by atoms with van der Waals surface area (Å²) in [6.07, 6.45) is 4.53. The molecule has 3 heteroatoms. The van der Waals surface area contributed by atoms with E-state index in [1.165, 1.54) is 12.8 Å². The van der Waals surface area contributed by atoms with Crippen LogP contribution in [0.1, 0.15) is 51.2 Å². The van der Waals surface area contributed by atoms with Crippen molar-refractivity contribution in [3.8, 4) is 5.75 Å². The lowest BCUT2D eigenvalue weighted by Crippen LogP contribution is -2.23. The number of ether oxygens (including phenoxy) is 1. The fourth-order valence-electron chi connectivity index (χ4n) is 2.48. The summed E-state index contributed by atoms with van der Waals surface area (Å²) in [6.45, 7) is 4.08. The zero-order valence-corrected chi connectivity index (χ0v) is 12.6. The Morgan fingerprint density at radius 2 is 1.94 bits per heavy atom. The van der Waals surface area contributed by atoms with Gasteiger partial charge < -0.3 is 9.84 Å². The Hall–Kier alpha value is -0.540. The Kier molecular flexibility index (Phi) is 4.68. The SMILES string of the molecule is CC1CCC(Oc2ccc(Br)cc2[C@H](C)O)CC1. The molecule has 0 aliphatic heterocycles. The molecular weight excluding hydrogens is 292 g/mol. The van der Waals surface area contributed by atoms with E-state index >= 15 is 0 Å². The molecule has 1 aliphatic rings. The third-order valence-electron chi connectivity index (χ3n) is 3.68. The second-order valence-corrected chi connectivity index (χ2v) is 6.27. The first-order valence-electron chi connectivity index (χ1n) is 6.70. The summed E-state index contributed by atoms with van der Waals surface area (Å²) in [4.78, 5) is 0. The quantitative estimate of drug-likeness (QED) is 0.893. The maximum Gasteiger partial charge on any atom is 0.125 e. The average molecular weight is 313 g/mol. The van der Waals surface area contributed by atoms with Crippen molar-refractivity contribution in [1.82, 2.24) is 0 Å². The maximum atomic E-state index is 9.80. The molecule has 2 nitrogen and oxygen atoms in total. The molecule has 1 atom stereocenters. The fourth-order valence-corrected chi connectivity index (χ4v) is 2.86. The predicted molar refractivity (Wildman–Crippen MR) is 76.8 cm³/mol. The molecule has 0 unspecified atom stereocenters. The Bertz CT molecular complexity index is 395. The van der Waals surface area contributed by atoms with Crippen molar-refractivity contribution in [2.75, 3.05) is 0 Å². The number of rotatable bonds is 3. The number of aliphatic hydroxyl groups excluding tert-OH is 1. The van der Waals surface area contributed by atoms with E-state index in [2.05, 4.69) is 22.9 Å². The predicted octanol–water partition coefficient (Wildman–Crippen LogP) is 4.46. The molecule has 1 fully saturated rings. The molecule has 1 aromatic rings. The monoisotopic (exact) mass is 312 g/mol. The minimum Gasteiger partial charge on any atom is -0.490 e. The first-order valence-corrected chi connectivity index (χ1v) is 7.49. The van der Waals surface area contributed by atoms with Gasteiger partial charge in [-0.1, -0.05) is 22.9 Å². The summed E-state index contributed by atoms with van der Waals surface area (Å²) in [5.41, 5.74) is 0.864. The largest absolute Gasteiger partial charge is 0.490 e. The van der Waals surface area contributed by atoms with Crippen LogP contribution >= 0.6 is 15.9 Å². The molecule has 0 spiro atoms. The molecule has 0 bridgehead atoms. The van der Waals surface area contributed by atoms with Gasteiger partial charge in [-0.05, 0) is 56.7 Å². The normalized spacial score (nSPS) is 25.8. The summed E-state index contributed by atoms with van der Waals surface area (Å²) < 4.78 is 7.05. The van der Waals surface area contributed by atoms with Gasteiger partial charge in [-0.25, -0.2) is 0 Å². The van der Waals surface area contributed by atoms with Gasteiger partial charge >= 0.3 is 0 Å². The van der Waals surface area contributed by atoms with E-state index < -0.39 is 6.10 Å². The van der Waals surface area contributed by atoms with Gasteiger partial charge in [0.2, 0.25) is 0 Å². The highest BCUT2D eigenvalue weighted by atomic mass is 79.9. The Morgan fingerprint density at radius 1 is 1.28 bits per heavy atom. The van der Waals surface area contributed by atoms with E-state index in [-0.39, 0.29) is 0 Å². The van der Waals surface area contributed by atoms with Crippen LogP contribution in [-0.2, 0) is 0 Å². The minimum atomic E-state index is -0.500. The van der Waals surface area contributed by atoms with Gasteiger partial charge in [0.1, 0.15) is 5.75 Å². The summed E-state index contributed by atoms with van der Waals surface area (Å²) in [6, 6.07) is 5.85. The van der Waals surface area contributed by atoms with E-state index in [9.17, 15) is 5.11 Å². The highest BCUT2D eigenvalue weighted by Gasteiger charge is 2.21. The highest BCUT2D eigenvalue weighted by Crippen LogP contribution is 2.32. The zero-order chi connectivity index (χ0) is 13.1. The lowest BCUT2D eigenvalue weighted by atomic mass is 9.89. The van der Waals surface area contributed by atoms with Crippen LogP contribution in [0.25, 0.3) is 0 Å². The average Bonchev–Trinajstić information content (AvgIpc) is 2.34. The van der Waals surface area contributed by atoms with Crippen LogP contribution in [0.2, 0.25) is 0 Å². The number of halogens is 1. The lowest BCUT2D eigenvalue weighted by Gasteiger charge is -2.28. The molecule has 18 heavy (non-hydrogen) atoms. The van der Waals surface area contributed by atoms with Crippen LogP contribution in [0.15, 0.2) is 22.7 Å². The molecule has 0 heterocycles. The van der Waals surface area contributed by atoms with Crippen molar-refractivity contribution < 1.29 is 9.84 Å². The van der Waals surface area contributed by atoms with Gasteiger partial charge in [-0.15, -0.1) is 0 Å². The molecule has 100 valence electrons. The van der Waals surface area contributed by atoms with Crippen LogP contribution < -0.4 is 4.74 Å². The van der Waals surface area contributed by atoms with Crippen molar-refractivity contribution in [2.45, 2.75) is 51.7 Å². The summed E-state index contributed by atoms with van der Waals surface area (Å²) >= 11 is 3.43. The molecule has 1 saturated carbocycles. The number of hydrogen-bond acceptors (Lipinski definition) is 2. The first-order chi connectivity index (χ1) is 8.56. The fraction of sp³-hybridized carbons (Fsp3) is 0.600. The summed E-state index contributed by atoms with van der Waals surface area (Å²) in [7, 11) is 0. The van der Waals surface area contributed by atoms with Crippen LogP contribution in [0.4, 0.5) is 0 Å². The highest BCUT2D eigenvalue weighted by molar-refractivity contribution is 9.10. The first kappa shape index (κ1) is 13.9. The lowest BCUT2D eigenvalue weighted by molar-refractivity contribution is 0.126. The molecule has 0 radical (unpaired) electrons. The summed E-state index contributed by atoms with van der Waals surface area (Å²) in [5, 5.41) is 9.80. The Balaban J connectivity index is 2.09. The molecule has 1 N–H and O–H groups in total. The maximum absolute atomic E-state index is 9.80. The molecule has 0 aromatic heterocycles. The molecule has 1 aliphatic carbocycles. The molecule has 1 aromatic carbocycles. The number of aliphatic hydroxyl groups is 1. The van der Waals surface area contributed by atoms with Crippen molar-refractivity contribution >= 4 is 15.9 Å². The van der Waals surface area contributed by atoms with Crippen LogP contribution in [0.5, 0.6) is 5.75 Å². The minimum absolute atomic E-state index is 0.305. The van der Waals surface area contributed by atoms with Gasteiger partial charge in [-0.3, -0.25) is 0 Å². The number of hydrogen-bond donors (Lipinski definition) is 1. The van der Waals surface area contributed by atoms with Crippen molar-refractivity contribution in [1.29, 1.82) is 0 Å². The van der Waals surface area contributed by atoms with Crippen molar-refractivity contribution in [2.24, 2.45) is 5.92 Å². The van der Waals surface area contributed by atoms with E-state index in [1.54, 1.807) is 6.92 Å². The van der Waals surface area contributed by atoms with Crippen molar-refractivity contribution in [3.05, 3.63) is 28.2 Å². The van der Waals surface area contributed by atoms with Crippen LogP contribution in [0.3, 0.4) is 0 Å². The van der Waals surface area contributed by atoms with E-state index in [1.807, 2.05) is 18.2 Å².